The Labute approximate surface area is 165 Å². The van der Waals surface area contributed by atoms with Crippen molar-refractivity contribution in [2.45, 2.75) is 46.1 Å². The summed E-state index contributed by atoms with van der Waals surface area (Å²) in [5, 5.41) is 6.11. The van der Waals surface area contributed by atoms with E-state index >= 15 is 0 Å². The molecule has 7 heteroatoms. The van der Waals surface area contributed by atoms with Crippen molar-refractivity contribution in [3.63, 3.8) is 0 Å². The molecule has 2 aliphatic carbocycles. The molecule has 1 aromatic carbocycles. The molecule has 1 saturated heterocycles. The molecule has 4 rings (SSSR count). The molecule has 1 heterocycles. The SMILES string of the molecule is COc1cc(NC(=O)NC2CC3CCC2(C)C3(C)C)ccc1N1CCOC1=O. The number of amides is 3. The number of cyclic esters (lactones) is 1. The summed E-state index contributed by atoms with van der Waals surface area (Å²) < 4.78 is 10.4. The molecule has 0 aromatic heterocycles. The van der Waals surface area contributed by atoms with Gasteiger partial charge in [0, 0.05) is 17.8 Å². The van der Waals surface area contributed by atoms with Crippen LogP contribution in [0.25, 0.3) is 0 Å². The van der Waals surface area contributed by atoms with E-state index in [2.05, 4.69) is 31.4 Å². The van der Waals surface area contributed by atoms with E-state index in [4.69, 9.17) is 9.47 Å². The van der Waals surface area contributed by atoms with Crippen LogP contribution >= 0.6 is 0 Å². The lowest BCUT2D eigenvalue weighted by molar-refractivity contribution is 0.125. The maximum absolute atomic E-state index is 12.6. The molecule has 2 bridgehead atoms. The Morgan fingerprint density at radius 2 is 2.11 bits per heavy atom. The lowest BCUT2D eigenvalue weighted by Crippen LogP contribution is -2.48. The van der Waals surface area contributed by atoms with Gasteiger partial charge >= 0.3 is 12.1 Å². The Morgan fingerprint density at radius 3 is 2.68 bits per heavy atom. The van der Waals surface area contributed by atoms with Crippen LogP contribution in [0.5, 0.6) is 5.75 Å². The summed E-state index contributed by atoms with van der Waals surface area (Å²) in [7, 11) is 1.54. The topological polar surface area (TPSA) is 79.9 Å². The van der Waals surface area contributed by atoms with Crippen molar-refractivity contribution in [2.75, 3.05) is 30.5 Å². The third-order valence-corrected chi connectivity index (χ3v) is 7.59. The highest BCUT2D eigenvalue weighted by molar-refractivity contribution is 5.93. The average Bonchev–Trinajstić information content (AvgIpc) is 3.22. The number of hydrogen-bond acceptors (Lipinski definition) is 4. The van der Waals surface area contributed by atoms with E-state index in [1.807, 2.05) is 0 Å². The number of carbonyl (C=O) groups excluding carboxylic acids is 2. The van der Waals surface area contributed by atoms with E-state index in [9.17, 15) is 9.59 Å². The van der Waals surface area contributed by atoms with Crippen molar-refractivity contribution in [2.24, 2.45) is 16.7 Å². The van der Waals surface area contributed by atoms with E-state index in [1.165, 1.54) is 11.3 Å². The lowest BCUT2D eigenvalue weighted by Gasteiger charge is -2.39. The predicted octanol–water partition coefficient (Wildman–Crippen LogP) is 3.99. The molecule has 0 radical (unpaired) electrons. The normalized spacial score (nSPS) is 30.3. The molecule has 152 valence electrons. The molecule has 3 fully saturated rings. The number of urea groups is 1. The first-order chi connectivity index (χ1) is 13.3. The number of carbonyl (C=O) groups is 2. The van der Waals surface area contributed by atoms with Gasteiger partial charge in [0.1, 0.15) is 12.4 Å². The van der Waals surface area contributed by atoms with Crippen LogP contribution in [-0.2, 0) is 4.74 Å². The first kappa shape index (κ1) is 18.9. The predicted molar refractivity (Wildman–Crippen MR) is 107 cm³/mol. The summed E-state index contributed by atoms with van der Waals surface area (Å²) in [4.78, 5) is 26.0. The van der Waals surface area contributed by atoms with Gasteiger partial charge in [-0.05, 0) is 48.1 Å². The monoisotopic (exact) mass is 387 g/mol. The summed E-state index contributed by atoms with van der Waals surface area (Å²) in [6, 6.07) is 5.25. The zero-order chi connectivity index (χ0) is 20.1. The van der Waals surface area contributed by atoms with E-state index in [0.29, 0.717) is 36.2 Å². The summed E-state index contributed by atoms with van der Waals surface area (Å²) in [5.74, 6) is 1.19. The van der Waals surface area contributed by atoms with Crippen LogP contribution < -0.4 is 20.3 Å². The number of benzene rings is 1. The number of hydrogen-bond donors (Lipinski definition) is 2. The van der Waals surface area contributed by atoms with Gasteiger partial charge in [-0.3, -0.25) is 4.90 Å². The largest absolute Gasteiger partial charge is 0.494 e. The molecule has 1 aliphatic heterocycles. The fourth-order valence-corrected chi connectivity index (χ4v) is 5.34. The number of fused-ring (bicyclic) bond motifs is 2. The van der Waals surface area contributed by atoms with Gasteiger partial charge in [0.25, 0.3) is 0 Å². The van der Waals surface area contributed by atoms with Crippen LogP contribution in [0.15, 0.2) is 18.2 Å². The molecule has 7 nitrogen and oxygen atoms in total. The number of anilines is 2. The zero-order valence-electron chi connectivity index (χ0n) is 17.0. The number of nitrogens with one attached hydrogen (secondary N) is 2. The molecule has 3 aliphatic rings. The first-order valence-corrected chi connectivity index (χ1v) is 9.96. The van der Waals surface area contributed by atoms with Gasteiger partial charge < -0.3 is 20.1 Å². The third-order valence-electron chi connectivity index (χ3n) is 7.59. The molecular formula is C21H29N3O4. The fraction of sp³-hybridized carbons (Fsp3) is 0.619. The Bertz CT molecular complexity index is 809. The number of ether oxygens (including phenoxy) is 2. The van der Waals surface area contributed by atoms with E-state index < -0.39 is 0 Å². The van der Waals surface area contributed by atoms with Gasteiger partial charge in [0.15, 0.2) is 0 Å². The Balaban J connectivity index is 1.45. The fourth-order valence-electron chi connectivity index (χ4n) is 5.34. The molecule has 3 atom stereocenters. The van der Waals surface area contributed by atoms with Crippen LogP contribution in [0.4, 0.5) is 21.0 Å². The highest BCUT2D eigenvalue weighted by Crippen LogP contribution is 2.65. The number of rotatable bonds is 4. The second-order valence-corrected chi connectivity index (χ2v) is 8.91. The van der Waals surface area contributed by atoms with Crippen molar-refractivity contribution in [1.82, 2.24) is 5.32 Å². The minimum atomic E-state index is -0.385. The van der Waals surface area contributed by atoms with E-state index in [0.717, 1.165) is 12.8 Å². The van der Waals surface area contributed by atoms with E-state index in [1.54, 1.807) is 25.3 Å². The average molecular weight is 387 g/mol. The standard InChI is InChI=1S/C21H29N3O4/c1-20(2)13-7-8-21(20,3)17(11-13)23-18(25)22-14-5-6-15(16(12-14)27-4)24-9-10-28-19(24)26/h5-6,12-13,17H,7-11H2,1-4H3,(H2,22,23,25). The second-order valence-electron chi connectivity index (χ2n) is 8.91. The summed E-state index contributed by atoms with van der Waals surface area (Å²) in [6.07, 6.45) is 3.06. The van der Waals surface area contributed by atoms with Crippen LogP contribution in [0, 0.1) is 16.7 Å². The smallest absolute Gasteiger partial charge is 0.414 e. The van der Waals surface area contributed by atoms with Gasteiger partial charge in [0.05, 0.1) is 19.3 Å². The van der Waals surface area contributed by atoms with Crippen LogP contribution in [0.1, 0.15) is 40.0 Å². The Morgan fingerprint density at radius 1 is 1.32 bits per heavy atom. The molecule has 28 heavy (non-hydrogen) atoms. The zero-order valence-corrected chi connectivity index (χ0v) is 17.0. The van der Waals surface area contributed by atoms with Crippen molar-refractivity contribution >= 4 is 23.5 Å². The molecule has 2 saturated carbocycles. The van der Waals surface area contributed by atoms with Gasteiger partial charge in [-0.15, -0.1) is 0 Å². The summed E-state index contributed by atoms with van der Waals surface area (Å²) in [6.45, 7) is 7.81. The summed E-state index contributed by atoms with van der Waals surface area (Å²) >= 11 is 0. The number of methoxy groups -OCH3 is 1. The first-order valence-electron chi connectivity index (χ1n) is 9.96. The minimum Gasteiger partial charge on any atom is -0.494 e. The molecule has 3 unspecified atom stereocenters. The van der Waals surface area contributed by atoms with Gasteiger partial charge in [-0.1, -0.05) is 20.8 Å². The van der Waals surface area contributed by atoms with Gasteiger partial charge in [-0.2, -0.15) is 0 Å². The molecule has 2 N–H and O–H groups in total. The highest BCUT2D eigenvalue weighted by atomic mass is 16.6. The molecular weight excluding hydrogens is 358 g/mol. The minimum absolute atomic E-state index is 0.132. The second kappa shape index (κ2) is 6.57. The number of nitrogens with zero attached hydrogens (tertiary/aromatic N) is 1. The Hall–Kier alpha value is -2.44. The maximum atomic E-state index is 12.6. The van der Waals surface area contributed by atoms with Crippen LogP contribution in [0.3, 0.4) is 0 Å². The Kier molecular flexibility index (Phi) is 4.43. The quantitative estimate of drug-likeness (QED) is 0.819. The van der Waals surface area contributed by atoms with Crippen molar-refractivity contribution in [1.29, 1.82) is 0 Å². The van der Waals surface area contributed by atoms with E-state index in [-0.39, 0.29) is 29.0 Å². The van der Waals surface area contributed by atoms with Crippen molar-refractivity contribution in [3.8, 4) is 5.75 Å². The van der Waals surface area contributed by atoms with Crippen LogP contribution in [-0.4, -0.2) is 38.4 Å². The molecule has 1 aromatic rings. The maximum Gasteiger partial charge on any atom is 0.414 e. The van der Waals surface area contributed by atoms with Crippen molar-refractivity contribution < 1.29 is 19.1 Å². The van der Waals surface area contributed by atoms with Crippen molar-refractivity contribution in [3.05, 3.63) is 18.2 Å². The van der Waals surface area contributed by atoms with Crippen LogP contribution in [0.2, 0.25) is 0 Å². The molecule has 3 amide bonds. The molecule has 0 spiro atoms. The lowest BCUT2D eigenvalue weighted by atomic mass is 9.69. The highest BCUT2D eigenvalue weighted by Gasteiger charge is 2.61. The third kappa shape index (κ3) is 2.79. The van der Waals surface area contributed by atoms with Gasteiger partial charge in [0.2, 0.25) is 0 Å². The summed E-state index contributed by atoms with van der Waals surface area (Å²) in [5.41, 5.74) is 1.64. The van der Waals surface area contributed by atoms with Gasteiger partial charge in [-0.25, -0.2) is 9.59 Å².